The van der Waals surface area contributed by atoms with Crippen molar-refractivity contribution in [3.63, 3.8) is 0 Å². The highest BCUT2D eigenvalue weighted by Crippen LogP contribution is 2.19. The molecule has 0 aromatic rings. The monoisotopic (exact) mass is 183 g/mol. The fourth-order valence-corrected chi connectivity index (χ4v) is 1.62. The van der Waals surface area contributed by atoms with Gasteiger partial charge in [-0.25, -0.2) is 0 Å². The first kappa shape index (κ1) is 10.5. The fourth-order valence-electron chi connectivity index (χ4n) is 1.62. The minimum atomic E-state index is -0.775. The molecule has 0 radical (unpaired) electrons. The van der Waals surface area contributed by atoms with Gasteiger partial charge in [-0.05, 0) is 6.92 Å². The van der Waals surface area contributed by atoms with Gasteiger partial charge in [-0.1, -0.05) is 5.92 Å². The standard InChI is InChI=1S/C10H17NO2/c1-3-4-10(12)5-6-11(9-10)7-8-13-2/h12H,5-9H2,1-2H3. The van der Waals surface area contributed by atoms with Crippen LogP contribution in [0, 0.1) is 11.8 Å². The van der Waals surface area contributed by atoms with Crippen LogP contribution in [-0.4, -0.2) is 49.0 Å². The summed E-state index contributed by atoms with van der Waals surface area (Å²) >= 11 is 0. The molecule has 1 N–H and O–H groups in total. The van der Waals surface area contributed by atoms with Crippen molar-refractivity contribution in [2.24, 2.45) is 0 Å². The summed E-state index contributed by atoms with van der Waals surface area (Å²) in [5, 5.41) is 9.90. The molecule has 0 aromatic carbocycles. The molecule has 74 valence electrons. The quantitative estimate of drug-likeness (QED) is 0.630. The van der Waals surface area contributed by atoms with Crippen molar-refractivity contribution in [1.29, 1.82) is 0 Å². The van der Waals surface area contributed by atoms with Crippen molar-refractivity contribution in [3.05, 3.63) is 0 Å². The number of ether oxygens (including phenoxy) is 1. The summed E-state index contributed by atoms with van der Waals surface area (Å²) < 4.78 is 4.97. The lowest BCUT2D eigenvalue weighted by molar-refractivity contribution is 0.0992. The third kappa shape index (κ3) is 3.00. The van der Waals surface area contributed by atoms with Gasteiger partial charge in [-0.15, -0.1) is 5.92 Å². The molecular weight excluding hydrogens is 166 g/mol. The maximum Gasteiger partial charge on any atom is 0.139 e. The van der Waals surface area contributed by atoms with E-state index in [-0.39, 0.29) is 0 Å². The van der Waals surface area contributed by atoms with Gasteiger partial charge in [0.05, 0.1) is 6.61 Å². The number of hydrogen-bond donors (Lipinski definition) is 1. The van der Waals surface area contributed by atoms with E-state index in [1.54, 1.807) is 14.0 Å². The lowest BCUT2D eigenvalue weighted by atomic mass is 10.1. The third-order valence-corrected chi connectivity index (χ3v) is 2.30. The smallest absolute Gasteiger partial charge is 0.139 e. The van der Waals surface area contributed by atoms with E-state index in [2.05, 4.69) is 16.7 Å². The summed E-state index contributed by atoms with van der Waals surface area (Å²) in [6.45, 7) is 4.92. The van der Waals surface area contributed by atoms with Crippen LogP contribution < -0.4 is 0 Å². The van der Waals surface area contributed by atoms with E-state index in [1.165, 1.54) is 0 Å². The molecule has 0 aromatic heterocycles. The first-order valence-corrected chi connectivity index (χ1v) is 4.58. The maximum absolute atomic E-state index is 9.90. The minimum Gasteiger partial charge on any atom is -0.383 e. The second-order valence-electron chi connectivity index (χ2n) is 3.43. The topological polar surface area (TPSA) is 32.7 Å². The predicted octanol–water partition coefficient (Wildman–Crippen LogP) is 0.0929. The molecule has 1 aliphatic heterocycles. The van der Waals surface area contributed by atoms with Crippen molar-refractivity contribution >= 4 is 0 Å². The molecular formula is C10H17NO2. The Labute approximate surface area is 79.7 Å². The van der Waals surface area contributed by atoms with Gasteiger partial charge in [0.25, 0.3) is 0 Å². The lowest BCUT2D eigenvalue weighted by Gasteiger charge is -2.17. The highest BCUT2D eigenvalue weighted by molar-refractivity contribution is 5.16. The Balaban J connectivity index is 2.37. The van der Waals surface area contributed by atoms with E-state index in [1.807, 2.05) is 0 Å². The van der Waals surface area contributed by atoms with E-state index in [0.29, 0.717) is 6.54 Å². The first-order chi connectivity index (χ1) is 6.20. The molecule has 0 aliphatic carbocycles. The summed E-state index contributed by atoms with van der Waals surface area (Å²) in [6.07, 6.45) is 0.748. The van der Waals surface area contributed by atoms with Crippen LogP contribution in [0.5, 0.6) is 0 Å². The van der Waals surface area contributed by atoms with E-state index in [4.69, 9.17) is 4.74 Å². The lowest BCUT2D eigenvalue weighted by Crippen LogP contribution is -2.33. The third-order valence-electron chi connectivity index (χ3n) is 2.30. The van der Waals surface area contributed by atoms with Gasteiger partial charge in [-0.2, -0.15) is 0 Å². The van der Waals surface area contributed by atoms with Crippen molar-refractivity contribution in [2.75, 3.05) is 33.4 Å². The van der Waals surface area contributed by atoms with Crippen LogP contribution in [-0.2, 0) is 4.74 Å². The second kappa shape index (κ2) is 4.61. The summed E-state index contributed by atoms with van der Waals surface area (Å²) in [5.41, 5.74) is -0.775. The van der Waals surface area contributed by atoms with Crippen LogP contribution in [0.1, 0.15) is 13.3 Å². The molecule has 1 heterocycles. The van der Waals surface area contributed by atoms with Gasteiger partial charge in [0.1, 0.15) is 5.60 Å². The zero-order valence-electron chi connectivity index (χ0n) is 8.34. The zero-order chi connectivity index (χ0) is 9.73. The Morgan fingerprint density at radius 2 is 2.38 bits per heavy atom. The molecule has 1 rings (SSSR count). The highest BCUT2D eigenvalue weighted by Gasteiger charge is 2.33. The van der Waals surface area contributed by atoms with Crippen LogP contribution in [0.15, 0.2) is 0 Å². The minimum absolute atomic E-state index is 0.650. The molecule has 1 unspecified atom stereocenters. The summed E-state index contributed by atoms with van der Waals surface area (Å²) in [6, 6.07) is 0. The van der Waals surface area contributed by atoms with E-state index in [9.17, 15) is 5.11 Å². The van der Waals surface area contributed by atoms with E-state index >= 15 is 0 Å². The number of β-amino-alcohol motifs (C(OH)–C–C–N with tert-alkyl or cyclic N) is 1. The normalized spacial score (nSPS) is 28.5. The number of hydrogen-bond acceptors (Lipinski definition) is 3. The zero-order valence-corrected chi connectivity index (χ0v) is 8.34. The summed E-state index contributed by atoms with van der Waals surface area (Å²) in [5.74, 6) is 5.62. The first-order valence-electron chi connectivity index (χ1n) is 4.58. The molecule has 3 nitrogen and oxygen atoms in total. The molecule has 1 aliphatic rings. The van der Waals surface area contributed by atoms with Crippen LogP contribution in [0.2, 0.25) is 0 Å². The molecule has 3 heteroatoms. The van der Waals surface area contributed by atoms with Crippen LogP contribution in [0.3, 0.4) is 0 Å². The average molecular weight is 183 g/mol. The largest absolute Gasteiger partial charge is 0.383 e. The highest BCUT2D eigenvalue weighted by atomic mass is 16.5. The van der Waals surface area contributed by atoms with Crippen molar-refractivity contribution < 1.29 is 9.84 Å². The Morgan fingerprint density at radius 1 is 1.62 bits per heavy atom. The maximum atomic E-state index is 9.90. The van der Waals surface area contributed by atoms with Crippen molar-refractivity contribution in [1.82, 2.24) is 4.90 Å². The second-order valence-corrected chi connectivity index (χ2v) is 3.43. The fraction of sp³-hybridized carbons (Fsp3) is 0.800. The number of aliphatic hydroxyl groups is 1. The Hall–Kier alpha value is -0.560. The molecule has 0 amide bonds. The summed E-state index contributed by atoms with van der Waals surface area (Å²) in [4.78, 5) is 2.17. The Bertz CT molecular complexity index is 219. The van der Waals surface area contributed by atoms with Crippen LogP contribution in [0.4, 0.5) is 0 Å². The van der Waals surface area contributed by atoms with E-state index < -0.39 is 5.60 Å². The molecule has 1 fully saturated rings. The van der Waals surface area contributed by atoms with Gasteiger partial charge in [0.2, 0.25) is 0 Å². The van der Waals surface area contributed by atoms with Gasteiger partial charge >= 0.3 is 0 Å². The van der Waals surface area contributed by atoms with Gasteiger partial charge in [0, 0.05) is 33.2 Å². The Morgan fingerprint density at radius 3 is 3.00 bits per heavy atom. The van der Waals surface area contributed by atoms with E-state index in [0.717, 1.165) is 26.1 Å². The van der Waals surface area contributed by atoms with Crippen LogP contribution >= 0.6 is 0 Å². The van der Waals surface area contributed by atoms with Crippen molar-refractivity contribution in [3.8, 4) is 11.8 Å². The molecule has 1 saturated heterocycles. The average Bonchev–Trinajstić information content (AvgIpc) is 2.45. The Kier molecular flexibility index (Phi) is 3.73. The van der Waals surface area contributed by atoms with Gasteiger partial charge in [0.15, 0.2) is 0 Å². The van der Waals surface area contributed by atoms with Gasteiger partial charge in [-0.3, -0.25) is 4.90 Å². The molecule has 0 bridgehead atoms. The number of rotatable bonds is 3. The van der Waals surface area contributed by atoms with Crippen LogP contribution in [0.25, 0.3) is 0 Å². The summed E-state index contributed by atoms with van der Waals surface area (Å²) in [7, 11) is 1.69. The van der Waals surface area contributed by atoms with Crippen molar-refractivity contribution in [2.45, 2.75) is 18.9 Å². The van der Waals surface area contributed by atoms with Gasteiger partial charge < -0.3 is 9.84 Å². The number of methoxy groups -OCH3 is 1. The molecule has 13 heavy (non-hydrogen) atoms. The molecule has 0 spiro atoms. The molecule has 0 saturated carbocycles. The number of likely N-dealkylation sites (tertiary alicyclic amines) is 1. The SMILES string of the molecule is CC#CC1(O)CCN(CCOC)C1. The predicted molar refractivity (Wildman–Crippen MR) is 51.3 cm³/mol. The number of nitrogens with zero attached hydrogens (tertiary/aromatic N) is 1. The molecule has 1 atom stereocenters.